The minimum absolute atomic E-state index is 0.298. The summed E-state index contributed by atoms with van der Waals surface area (Å²) in [5.74, 6) is 0.302. The fourth-order valence-corrected chi connectivity index (χ4v) is 1.06. The van der Waals surface area contributed by atoms with Gasteiger partial charge in [0.1, 0.15) is 11.6 Å². The minimum Gasteiger partial charge on any atom is -0.495 e. The summed E-state index contributed by atoms with van der Waals surface area (Å²) >= 11 is 2.99. The highest BCUT2D eigenvalue weighted by atomic mass is 79.9. The molecule has 0 radical (unpaired) electrons. The van der Waals surface area contributed by atoms with Crippen molar-refractivity contribution in [1.29, 1.82) is 0 Å². The molecule has 0 aliphatic heterocycles. The lowest BCUT2D eigenvalue weighted by molar-refractivity contribution is 0.416. The molecule has 0 aliphatic rings. The van der Waals surface area contributed by atoms with Crippen LogP contribution < -0.4 is 9.08 Å². The van der Waals surface area contributed by atoms with E-state index in [4.69, 9.17) is 4.74 Å². The van der Waals surface area contributed by atoms with Crippen molar-refractivity contribution in [1.82, 2.24) is 0 Å². The maximum atomic E-state index is 12.6. The molecule has 0 saturated carbocycles. The lowest BCUT2D eigenvalue weighted by atomic mass is 10.3. The fraction of sp³-hybridized carbons (Fsp3) is 0.143. The van der Waals surface area contributed by atoms with Gasteiger partial charge in [0.15, 0.2) is 0 Å². The Balaban J connectivity index is 3.06. The monoisotopic (exact) mass is 219 g/mol. The topological polar surface area (TPSA) is 21.3 Å². The molecule has 0 aromatic heterocycles. The van der Waals surface area contributed by atoms with Gasteiger partial charge >= 0.3 is 0 Å². The van der Waals surface area contributed by atoms with Gasteiger partial charge in [-0.25, -0.2) is 4.39 Å². The molecule has 0 aliphatic carbocycles. The second kappa shape index (κ2) is 3.57. The third-order valence-corrected chi connectivity index (χ3v) is 1.69. The third kappa shape index (κ3) is 1.83. The SMILES string of the molecule is COc1ccc(F)cc1NBr. The predicted molar refractivity (Wildman–Crippen MR) is 45.5 cm³/mol. The number of ether oxygens (including phenoxy) is 1. The quantitative estimate of drug-likeness (QED) is 0.773. The van der Waals surface area contributed by atoms with Crippen molar-refractivity contribution in [2.24, 2.45) is 0 Å². The standard InChI is InChI=1S/C7H7BrFNO/c1-11-7-3-2-5(9)4-6(7)10-8/h2-4,10H,1H3. The van der Waals surface area contributed by atoms with Crippen LogP contribution in [-0.2, 0) is 0 Å². The highest BCUT2D eigenvalue weighted by Crippen LogP contribution is 2.25. The lowest BCUT2D eigenvalue weighted by Crippen LogP contribution is -1.89. The zero-order valence-corrected chi connectivity index (χ0v) is 7.48. The first-order valence-electron chi connectivity index (χ1n) is 2.98. The lowest BCUT2D eigenvalue weighted by Gasteiger charge is -2.05. The van der Waals surface area contributed by atoms with Gasteiger partial charge in [0, 0.05) is 22.2 Å². The largest absolute Gasteiger partial charge is 0.495 e. The van der Waals surface area contributed by atoms with Gasteiger partial charge in [0.05, 0.1) is 12.8 Å². The molecular weight excluding hydrogens is 213 g/mol. The summed E-state index contributed by atoms with van der Waals surface area (Å²) in [7, 11) is 1.53. The van der Waals surface area contributed by atoms with Gasteiger partial charge in [0.25, 0.3) is 0 Å². The number of benzene rings is 1. The molecule has 0 amide bonds. The van der Waals surface area contributed by atoms with Crippen molar-refractivity contribution in [2.75, 3.05) is 11.5 Å². The first kappa shape index (κ1) is 8.33. The Morgan fingerprint density at radius 2 is 2.27 bits per heavy atom. The van der Waals surface area contributed by atoms with Gasteiger partial charge in [0.2, 0.25) is 0 Å². The second-order valence-electron chi connectivity index (χ2n) is 1.94. The molecular formula is C7H7BrFNO. The Morgan fingerprint density at radius 3 is 2.82 bits per heavy atom. The summed E-state index contributed by atoms with van der Waals surface area (Å²) in [6, 6.07) is 4.24. The van der Waals surface area contributed by atoms with Gasteiger partial charge in [-0.05, 0) is 12.1 Å². The van der Waals surface area contributed by atoms with Crippen molar-refractivity contribution in [3.8, 4) is 5.75 Å². The minimum atomic E-state index is -0.298. The first-order chi connectivity index (χ1) is 5.27. The van der Waals surface area contributed by atoms with Crippen molar-refractivity contribution in [3.05, 3.63) is 24.0 Å². The van der Waals surface area contributed by atoms with E-state index in [0.29, 0.717) is 11.4 Å². The molecule has 0 bridgehead atoms. The molecule has 0 spiro atoms. The van der Waals surface area contributed by atoms with E-state index in [2.05, 4.69) is 20.5 Å². The fourth-order valence-electron chi connectivity index (χ4n) is 0.754. The van der Waals surface area contributed by atoms with E-state index in [0.717, 1.165) is 0 Å². The molecule has 60 valence electrons. The summed E-state index contributed by atoms with van der Waals surface area (Å²) < 4.78 is 20.1. The van der Waals surface area contributed by atoms with Gasteiger partial charge in [-0.2, -0.15) is 0 Å². The van der Waals surface area contributed by atoms with Gasteiger partial charge in [-0.3, -0.25) is 0 Å². The van der Waals surface area contributed by atoms with Crippen LogP contribution in [0, 0.1) is 5.82 Å². The summed E-state index contributed by atoms with van der Waals surface area (Å²) in [5, 5.41) is 0. The van der Waals surface area contributed by atoms with Gasteiger partial charge < -0.3 is 9.08 Å². The smallest absolute Gasteiger partial charge is 0.142 e. The Bertz CT molecular complexity index is 254. The van der Waals surface area contributed by atoms with E-state index in [9.17, 15) is 4.39 Å². The molecule has 2 nitrogen and oxygen atoms in total. The van der Waals surface area contributed by atoms with Crippen LogP contribution in [0.5, 0.6) is 5.75 Å². The molecule has 0 fully saturated rings. The van der Waals surface area contributed by atoms with E-state index in [1.165, 1.54) is 19.2 Å². The number of nitrogens with one attached hydrogen (secondary N) is 1. The highest BCUT2D eigenvalue weighted by Gasteiger charge is 2.01. The highest BCUT2D eigenvalue weighted by molar-refractivity contribution is 9.10. The number of hydrogen-bond donors (Lipinski definition) is 1. The number of anilines is 1. The van der Waals surface area contributed by atoms with Crippen LogP contribution in [0.4, 0.5) is 10.1 Å². The maximum absolute atomic E-state index is 12.6. The normalized spacial score (nSPS) is 9.36. The predicted octanol–water partition coefficient (Wildman–Crippen LogP) is 2.56. The maximum Gasteiger partial charge on any atom is 0.142 e. The molecule has 0 saturated heterocycles. The average molecular weight is 220 g/mol. The van der Waals surface area contributed by atoms with Crippen molar-refractivity contribution < 1.29 is 9.13 Å². The van der Waals surface area contributed by atoms with E-state index >= 15 is 0 Å². The van der Waals surface area contributed by atoms with Crippen molar-refractivity contribution in [2.45, 2.75) is 0 Å². The number of hydrogen-bond acceptors (Lipinski definition) is 2. The van der Waals surface area contributed by atoms with Crippen molar-refractivity contribution >= 4 is 21.8 Å². The molecule has 1 aromatic carbocycles. The molecule has 0 heterocycles. The zero-order chi connectivity index (χ0) is 8.27. The van der Waals surface area contributed by atoms with Crippen molar-refractivity contribution in [3.63, 3.8) is 0 Å². The van der Waals surface area contributed by atoms with Crippen LogP contribution in [-0.4, -0.2) is 7.11 Å². The van der Waals surface area contributed by atoms with Gasteiger partial charge in [-0.1, -0.05) is 0 Å². The molecule has 0 unspecified atom stereocenters. The van der Waals surface area contributed by atoms with E-state index in [1.807, 2.05) is 0 Å². The molecule has 1 N–H and O–H groups in total. The van der Waals surface area contributed by atoms with E-state index in [1.54, 1.807) is 6.07 Å². The van der Waals surface area contributed by atoms with E-state index < -0.39 is 0 Å². The number of rotatable bonds is 2. The van der Waals surface area contributed by atoms with Crippen LogP contribution in [0.2, 0.25) is 0 Å². The zero-order valence-electron chi connectivity index (χ0n) is 5.90. The van der Waals surface area contributed by atoms with Crippen LogP contribution in [0.3, 0.4) is 0 Å². The summed E-state index contributed by atoms with van der Waals surface area (Å²) in [6.07, 6.45) is 0. The summed E-state index contributed by atoms with van der Waals surface area (Å²) in [4.78, 5) is 0. The van der Waals surface area contributed by atoms with Gasteiger partial charge in [-0.15, -0.1) is 0 Å². The third-order valence-electron chi connectivity index (χ3n) is 1.26. The summed E-state index contributed by atoms with van der Waals surface area (Å²) in [5.41, 5.74) is 0.576. The van der Waals surface area contributed by atoms with E-state index in [-0.39, 0.29) is 5.82 Å². The molecule has 1 aromatic rings. The molecule has 4 heteroatoms. The average Bonchev–Trinajstić information content (AvgIpc) is 2.04. The Labute approximate surface area is 72.7 Å². The van der Waals surface area contributed by atoms with Crippen LogP contribution in [0.1, 0.15) is 0 Å². The molecule has 1 rings (SSSR count). The first-order valence-corrected chi connectivity index (χ1v) is 3.77. The van der Waals surface area contributed by atoms with Crippen LogP contribution in [0.15, 0.2) is 18.2 Å². The second-order valence-corrected chi connectivity index (χ2v) is 2.34. The Hall–Kier alpha value is -0.770. The number of methoxy groups -OCH3 is 1. The summed E-state index contributed by atoms with van der Waals surface area (Å²) in [6.45, 7) is 0. The van der Waals surface area contributed by atoms with Crippen LogP contribution in [0.25, 0.3) is 0 Å². The van der Waals surface area contributed by atoms with Crippen LogP contribution >= 0.6 is 16.1 Å². The molecule has 0 atom stereocenters. The Kier molecular flexibility index (Phi) is 2.70. The number of halogens is 2. The Morgan fingerprint density at radius 1 is 1.55 bits per heavy atom. The molecule has 11 heavy (non-hydrogen) atoms.